The summed E-state index contributed by atoms with van der Waals surface area (Å²) in [5, 5.41) is 3.49. The fraction of sp³-hybridized carbons (Fsp3) is 0.267. The summed E-state index contributed by atoms with van der Waals surface area (Å²) in [7, 11) is 0. The third-order valence-corrected chi connectivity index (χ3v) is 3.59. The number of fused-ring (bicyclic) bond motifs is 1. The second-order valence-corrected chi connectivity index (χ2v) is 4.93. The molecule has 1 aliphatic rings. The van der Waals surface area contributed by atoms with Crippen LogP contribution in [0, 0.1) is 0 Å². The molecule has 1 fully saturated rings. The summed E-state index contributed by atoms with van der Waals surface area (Å²) in [6.45, 7) is 3.26. The van der Waals surface area contributed by atoms with Gasteiger partial charge in [0.2, 0.25) is 0 Å². The molecular formula is C15H18N6O. The monoisotopic (exact) mass is 298 g/mol. The lowest BCUT2D eigenvalue weighted by atomic mass is 10.2. The smallest absolute Gasteiger partial charge is 0.0923 e. The Balaban J connectivity index is 1.98. The van der Waals surface area contributed by atoms with Gasteiger partial charge in [-0.05, 0) is 18.2 Å². The maximum atomic E-state index is 5.58. The van der Waals surface area contributed by atoms with Gasteiger partial charge >= 0.3 is 0 Å². The fourth-order valence-electron chi connectivity index (χ4n) is 2.43. The molecule has 0 atom stereocenters. The van der Waals surface area contributed by atoms with E-state index < -0.39 is 0 Å². The molecule has 0 radical (unpaired) electrons. The van der Waals surface area contributed by atoms with E-state index in [1.807, 2.05) is 12.1 Å². The topological polar surface area (TPSA) is 103 Å². The molecule has 1 aliphatic heterocycles. The number of nitrogens with two attached hydrogens (primary N) is 2. The number of hydrogen-bond acceptors (Lipinski definition) is 7. The van der Waals surface area contributed by atoms with E-state index in [0.29, 0.717) is 11.3 Å². The van der Waals surface area contributed by atoms with Crippen LogP contribution in [-0.2, 0) is 4.74 Å². The van der Waals surface area contributed by atoms with Crippen molar-refractivity contribution in [2.24, 2.45) is 16.7 Å². The highest BCUT2D eigenvalue weighted by molar-refractivity contribution is 6.09. The number of allylic oxidation sites excluding steroid dienone is 1. The predicted octanol–water partition coefficient (Wildman–Crippen LogP) is 0.710. The van der Waals surface area contributed by atoms with Crippen LogP contribution in [0.25, 0.3) is 16.6 Å². The van der Waals surface area contributed by atoms with Gasteiger partial charge in [0.05, 0.1) is 42.4 Å². The van der Waals surface area contributed by atoms with Gasteiger partial charge in [0.25, 0.3) is 0 Å². The lowest BCUT2D eigenvalue weighted by Crippen LogP contribution is -2.36. The lowest BCUT2D eigenvalue weighted by Gasteiger charge is -2.28. The standard InChI is InChI=1S/C15H18N6O/c16-8-11(9-19-17)15-10-18-13-2-1-12(7-14(13)20-15)21-3-5-22-6-4-21/h1-2,7-10H,3-6,16-17H2. The number of benzene rings is 1. The first-order valence-corrected chi connectivity index (χ1v) is 7.07. The first-order valence-electron chi connectivity index (χ1n) is 7.07. The zero-order chi connectivity index (χ0) is 15.4. The molecule has 4 N–H and O–H groups in total. The Morgan fingerprint density at radius 1 is 1.27 bits per heavy atom. The lowest BCUT2D eigenvalue weighted by molar-refractivity contribution is 0.122. The quantitative estimate of drug-likeness (QED) is 0.491. The van der Waals surface area contributed by atoms with Crippen molar-refractivity contribution in [3.8, 4) is 0 Å². The van der Waals surface area contributed by atoms with Gasteiger partial charge in [0.1, 0.15) is 0 Å². The summed E-state index contributed by atoms with van der Waals surface area (Å²) < 4.78 is 5.38. The molecule has 0 saturated carbocycles. The van der Waals surface area contributed by atoms with Crippen molar-refractivity contribution in [1.82, 2.24) is 9.97 Å². The zero-order valence-electron chi connectivity index (χ0n) is 12.1. The molecule has 3 rings (SSSR count). The first kappa shape index (κ1) is 14.3. The maximum Gasteiger partial charge on any atom is 0.0923 e. The fourth-order valence-corrected chi connectivity index (χ4v) is 2.43. The van der Waals surface area contributed by atoms with E-state index in [2.05, 4.69) is 26.0 Å². The zero-order valence-corrected chi connectivity index (χ0v) is 12.1. The van der Waals surface area contributed by atoms with Crippen molar-refractivity contribution in [2.75, 3.05) is 31.2 Å². The summed E-state index contributed by atoms with van der Waals surface area (Å²) in [5.41, 5.74) is 9.62. The van der Waals surface area contributed by atoms with Gasteiger partial charge in [0, 0.05) is 30.5 Å². The summed E-state index contributed by atoms with van der Waals surface area (Å²) >= 11 is 0. The van der Waals surface area contributed by atoms with Gasteiger partial charge < -0.3 is 21.2 Å². The van der Waals surface area contributed by atoms with E-state index in [1.54, 1.807) is 6.20 Å². The maximum absolute atomic E-state index is 5.58. The van der Waals surface area contributed by atoms with Gasteiger partial charge in [-0.15, -0.1) is 0 Å². The predicted molar refractivity (Wildman–Crippen MR) is 87.4 cm³/mol. The van der Waals surface area contributed by atoms with Crippen LogP contribution in [0.3, 0.4) is 0 Å². The Hall–Kier alpha value is -2.67. The molecule has 1 saturated heterocycles. The van der Waals surface area contributed by atoms with Gasteiger partial charge in [-0.2, -0.15) is 5.10 Å². The molecule has 0 bridgehead atoms. The number of morpholine rings is 1. The van der Waals surface area contributed by atoms with E-state index >= 15 is 0 Å². The van der Waals surface area contributed by atoms with Gasteiger partial charge in [-0.3, -0.25) is 4.98 Å². The molecule has 114 valence electrons. The molecule has 7 heteroatoms. The van der Waals surface area contributed by atoms with Gasteiger partial charge in [-0.1, -0.05) is 0 Å². The van der Waals surface area contributed by atoms with E-state index in [1.165, 1.54) is 12.4 Å². The molecule has 2 heterocycles. The highest BCUT2D eigenvalue weighted by Crippen LogP contribution is 2.22. The second kappa shape index (κ2) is 6.40. The Kier molecular flexibility index (Phi) is 4.15. The van der Waals surface area contributed by atoms with Crippen LogP contribution in [0.2, 0.25) is 0 Å². The molecule has 7 nitrogen and oxygen atoms in total. The largest absolute Gasteiger partial charge is 0.404 e. The number of rotatable bonds is 3. The van der Waals surface area contributed by atoms with Gasteiger partial charge in [0.15, 0.2) is 0 Å². The van der Waals surface area contributed by atoms with Crippen molar-refractivity contribution < 1.29 is 4.74 Å². The van der Waals surface area contributed by atoms with E-state index in [9.17, 15) is 0 Å². The van der Waals surface area contributed by atoms with Crippen molar-refractivity contribution in [3.05, 3.63) is 36.3 Å². The summed E-state index contributed by atoms with van der Waals surface area (Å²) in [6.07, 6.45) is 4.54. The normalized spacial score (nSPS) is 16.5. The summed E-state index contributed by atoms with van der Waals surface area (Å²) in [5.74, 6) is 5.18. The molecule has 0 amide bonds. The molecule has 2 aromatic rings. The van der Waals surface area contributed by atoms with Crippen LogP contribution in [-0.4, -0.2) is 42.5 Å². The van der Waals surface area contributed by atoms with Crippen molar-refractivity contribution >= 4 is 28.5 Å². The van der Waals surface area contributed by atoms with Gasteiger partial charge in [-0.25, -0.2) is 4.98 Å². The van der Waals surface area contributed by atoms with Crippen LogP contribution in [0.15, 0.2) is 35.7 Å². The molecule has 22 heavy (non-hydrogen) atoms. The number of hydrazone groups is 1. The van der Waals surface area contributed by atoms with E-state index in [4.69, 9.17) is 16.3 Å². The van der Waals surface area contributed by atoms with Crippen molar-refractivity contribution in [3.63, 3.8) is 0 Å². The number of anilines is 1. The second-order valence-electron chi connectivity index (χ2n) is 4.93. The Morgan fingerprint density at radius 3 is 2.82 bits per heavy atom. The number of ether oxygens (including phenoxy) is 1. The number of aromatic nitrogens is 2. The van der Waals surface area contributed by atoms with E-state index in [-0.39, 0.29) is 0 Å². The van der Waals surface area contributed by atoms with Crippen molar-refractivity contribution in [1.29, 1.82) is 0 Å². The third-order valence-electron chi connectivity index (χ3n) is 3.59. The Bertz CT molecular complexity index is 721. The Morgan fingerprint density at radius 2 is 2.09 bits per heavy atom. The van der Waals surface area contributed by atoms with Crippen LogP contribution in [0.5, 0.6) is 0 Å². The summed E-state index contributed by atoms with van der Waals surface area (Å²) in [4.78, 5) is 11.3. The summed E-state index contributed by atoms with van der Waals surface area (Å²) in [6, 6.07) is 6.06. The highest BCUT2D eigenvalue weighted by atomic mass is 16.5. The molecule has 1 aromatic heterocycles. The molecule has 1 aromatic carbocycles. The SMILES string of the molecule is NC=C(C=NN)c1cnc2ccc(N3CCOCC3)cc2n1. The average molecular weight is 298 g/mol. The van der Waals surface area contributed by atoms with Crippen LogP contribution >= 0.6 is 0 Å². The number of hydrogen-bond donors (Lipinski definition) is 2. The first-order chi connectivity index (χ1) is 10.8. The minimum absolute atomic E-state index is 0.633. The highest BCUT2D eigenvalue weighted by Gasteiger charge is 2.12. The van der Waals surface area contributed by atoms with E-state index in [0.717, 1.165) is 43.0 Å². The average Bonchev–Trinajstić information content (AvgIpc) is 2.59. The minimum atomic E-state index is 0.633. The molecular weight excluding hydrogens is 280 g/mol. The van der Waals surface area contributed by atoms with Crippen LogP contribution in [0.1, 0.15) is 5.69 Å². The third kappa shape index (κ3) is 2.84. The number of nitrogens with zero attached hydrogens (tertiary/aromatic N) is 4. The molecule has 0 aliphatic carbocycles. The van der Waals surface area contributed by atoms with Crippen LogP contribution < -0.4 is 16.5 Å². The Labute approximate surface area is 128 Å². The minimum Gasteiger partial charge on any atom is -0.404 e. The van der Waals surface area contributed by atoms with Crippen LogP contribution in [0.4, 0.5) is 5.69 Å². The molecule has 0 unspecified atom stereocenters. The molecule has 0 spiro atoms. The van der Waals surface area contributed by atoms with Crippen molar-refractivity contribution in [2.45, 2.75) is 0 Å².